The van der Waals surface area contributed by atoms with Gasteiger partial charge in [0.25, 0.3) is 0 Å². The topological polar surface area (TPSA) is 114 Å². The van der Waals surface area contributed by atoms with Crippen molar-refractivity contribution < 1.29 is 14.3 Å². The van der Waals surface area contributed by atoms with E-state index in [4.69, 9.17) is 20.2 Å². The Labute approximate surface area is 165 Å². The molecule has 3 rings (SSSR count). The van der Waals surface area contributed by atoms with Crippen LogP contribution in [-0.4, -0.2) is 42.9 Å². The lowest BCUT2D eigenvalue weighted by atomic mass is 10.1. The molecule has 2 aromatic rings. The van der Waals surface area contributed by atoms with Crippen molar-refractivity contribution in [2.75, 3.05) is 37.5 Å². The second-order valence-electron chi connectivity index (χ2n) is 6.92. The van der Waals surface area contributed by atoms with Gasteiger partial charge in [-0.15, -0.1) is 0 Å². The number of methoxy groups -OCH3 is 1. The minimum absolute atomic E-state index is 0.0753. The van der Waals surface area contributed by atoms with E-state index in [1.165, 1.54) is 0 Å². The summed E-state index contributed by atoms with van der Waals surface area (Å²) in [5, 5.41) is 6.23. The molecule has 1 atom stereocenters. The van der Waals surface area contributed by atoms with Gasteiger partial charge < -0.3 is 25.5 Å². The van der Waals surface area contributed by atoms with E-state index in [2.05, 4.69) is 15.6 Å². The first kappa shape index (κ1) is 20.2. The summed E-state index contributed by atoms with van der Waals surface area (Å²) in [5.41, 5.74) is 9.65. The number of nitrogens with two attached hydrogens (primary N) is 1. The molecule has 0 spiro atoms. The highest BCUT2D eigenvalue weighted by Gasteiger charge is 2.15. The lowest BCUT2D eigenvalue weighted by Gasteiger charge is -2.14. The monoisotopic (exact) mass is 387 g/mol. The number of carbonyl (C=O) groups is 1. The number of aromatic amines is 1. The molecular weight excluding hydrogens is 358 g/mol. The van der Waals surface area contributed by atoms with Crippen molar-refractivity contribution in [3.8, 4) is 11.3 Å². The number of nitrogens with one attached hydrogen (secondary N) is 3. The number of imidazole rings is 1. The fourth-order valence-corrected chi connectivity index (χ4v) is 3.23. The second kappa shape index (κ2) is 10.1. The zero-order chi connectivity index (χ0) is 19.8. The van der Waals surface area contributed by atoms with Crippen LogP contribution in [0.15, 0.2) is 24.4 Å². The molecule has 0 saturated carbocycles. The first-order valence-corrected chi connectivity index (χ1v) is 9.79. The number of hydrogen-bond acceptors (Lipinski definition) is 6. The number of anilines is 2. The molecule has 5 N–H and O–H groups in total. The van der Waals surface area contributed by atoms with Gasteiger partial charge in [-0.05, 0) is 31.0 Å². The molecule has 0 aliphatic carbocycles. The van der Waals surface area contributed by atoms with E-state index < -0.39 is 6.09 Å². The van der Waals surface area contributed by atoms with Crippen LogP contribution < -0.4 is 16.4 Å². The highest BCUT2D eigenvalue weighted by molar-refractivity contribution is 5.88. The van der Waals surface area contributed by atoms with Gasteiger partial charge in [-0.1, -0.05) is 19.3 Å². The van der Waals surface area contributed by atoms with E-state index in [1.807, 2.05) is 24.4 Å². The Bertz CT molecular complexity index is 777. The Morgan fingerprint density at radius 1 is 1.29 bits per heavy atom. The van der Waals surface area contributed by atoms with Gasteiger partial charge in [0.05, 0.1) is 18.3 Å². The maximum atomic E-state index is 11.9. The number of nitrogens with zero attached hydrogens (tertiary/aromatic N) is 1. The van der Waals surface area contributed by atoms with Crippen molar-refractivity contribution in [2.45, 2.75) is 38.1 Å². The molecule has 152 valence electrons. The Hall–Kier alpha value is -2.58. The molecule has 1 aliphatic rings. The molecule has 2 bridgehead atoms. The van der Waals surface area contributed by atoms with Crippen LogP contribution in [0.5, 0.6) is 0 Å². The minimum Gasteiger partial charge on any atom is -0.447 e. The smallest absolute Gasteiger partial charge is 0.411 e. The van der Waals surface area contributed by atoms with Crippen LogP contribution in [0.4, 0.5) is 16.2 Å². The number of H-pyrrole nitrogens is 1. The lowest BCUT2D eigenvalue weighted by Crippen LogP contribution is -2.16. The number of amides is 1. The summed E-state index contributed by atoms with van der Waals surface area (Å²) in [5.74, 6) is 0.809. The average molecular weight is 387 g/mol. The number of hydrogen-bond donors (Lipinski definition) is 4. The van der Waals surface area contributed by atoms with Gasteiger partial charge in [0.2, 0.25) is 0 Å². The normalized spacial score (nSPS) is 17.3. The molecule has 8 nitrogen and oxygen atoms in total. The molecule has 1 aliphatic heterocycles. The number of benzene rings is 1. The third kappa shape index (κ3) is 5.46. The zero-order valence-electron chi connectivity index (χ0n) is 16.3. The highest BCUT2D eigenvalue weighted by atomic mass is 16.6. The predicted molar refractivity (Wildman–Crippen MR) is 109 cm³/mol. The minimum atomic E-state index is -0.505. The Balaban J connectivity index is 1.80. The summed E-state index contributed by atoms with van der Waals surface area (Å²) in [6, 6.07) is 5.61. The molecule has 28 heavy (non-hydrogen) atoms. The molecule has 0 fully saturated rings. The van der Waals surface area contributed by atoms with Gasteiger partial charge in [0, 0.05) is 36.8 Å². The molecule has 2 heterocycles. The van der Waals surface area contributed by atoms with Gasteiger partial charge in [0.15, 0.2) is 0 Å². The fraction of sp³-hybridized carbons (Fsp3) is 0.500. The van der Waals surface area contributed by atoms with Gasteiger partial charge in [-0.2, -0.15) is 0 Å². The lowest BCUT2D eigenvalue weighted by molar-refractivity contribution is 0.107. The van der Waals surface area contributed by atoms with Crippen LogP contribution in [0.1, 0.15) is 44.0 Å². The molecule has 1 amide bonds. The Kier molecular flexibility index (Phi) is 7.27. The van der Waals surface area contributed by atoms with E-state index in [0.29, 0.717) is 12.3 Å². The predicted octanol–water partition coefficient (Wildman–Crippen LogP) is 3.65. The molecule has 0 radical (unpaired) electrons. The maximum absolute atomic E-state index is 11.9. The standard InChI is InChI=1S/C20H29N5O3/c1-27-10-11-28-20(26)24-14-7-8-15-17(12-14)22-9-5-3-2-4-6-16(21)19-23-13-18(15)25-19/h7-8,12-13,16,22H,2-6,9-11,21H2,1H3,(H,23,25)(H,24,26)/t16-/m0/s1. The molecule has 0 saturated heterocycles. The van der Waals surface area contributed by atoms with E-state index in [-0.39, 0.29) is 12.6 Å². The number of fused-ring (bicyclic) bond motifs is 4. The second-order valence-corrected chi connectivity index (χ2v) is 6.92. The van der Waals surface area contributed by atoms with Crippen LogP contribution in [0.25, 0.3) is 11.3 Å². The maximum Gasteiger partial charge on any atom is 0.411 e. The summed E-state index contributed by atoms with van der Waals surface area (Å²) in [6.07, 6.45) is 6.80. The summed E-state index contributed by atoms with van der Waals surface area (Å²) in [4.78, 5) is 19.8. The van der Waals surface area contributed by atoms with E-state index in [9.17, 15) is 4.79 Å². The quantitative estimate of drug-likeness (QED) is 0.596. The van der Waals surface area contributed by atoms with Crippen molar-refractivity contribution in [2.24, 2.45) is 5.73 Å². The van der Waals surface area contributed by atoms with Crippen molar-refractivity contribution in [1.82, 2.24) is 9.97 Å². The summed E-state index contributed by atoms with van der Waals surface area (Å²) in [6.45, 7) is 1.43. The molecule has 8 heteroatoms. The highest BCUT2D eigenvalue weighted by Crippen LogP contribution is 2.31. The molecule has 1 aromatic heterocycles. The largest absolute Gasteiger partial charge is 0.447 e. The van der Waals surface area contributed by atoms with Crippen LogP contribution in [0, 0.1) is 0 Å². The first-order valence-electron chi connectivity index (χ1n) is 9.79. The molecule has 0 unspecified atom stereocenters. The number of carbonyl (C=O) groups excluding carboxylic acids is 1. The van der Waals surface area contributed by atoms with Crippen LogP contribution in [-0.2, 0) is 9.47 Å². The van der Waals surface area contributed by atoms with Gasteiger partial charge in [-0.25, -0.2) is 9.78 Å². The summed E-state index contributed by atoms with van der Waals surface area (Å²) in [7, 11) is 1.56. The van der Waals surface area contributed by atoms with Crippen molar-refractivity contribution in [3.63, 3.8) is 0 Å². The summed E-state index contributed by atoms with van der Waals surface area (Å²) >= 11 is 0. The Morgan fingerprint density at radius 3 is 3.00 bits per heavy atom. The third-order valence-corrected chi connectivity index (χ3v) is 4.77. The molecular formula is C20H29N5O3. The van der Waals surface area contributed by atoms with Gasteiger partial charge in [0.1, 0.15) is 12.4 Å². The number of rotatable bonds is 4. The molecule has 1 aromatic carbocycles. The van der Waals surface area contributed by atoms with Crippen LogP contribution in [0.3, 0.4) is 0 Å². The van der Waals surface area contributed by atoms with Crippen molar-refractivity contribution in [3.05, 3.63) is 30.2 Å². The van der Waals surface area contributed by atoms with Gasteiger partial charge in [-0.3, -0.25) is 5.32 Å². The SMILES string of the molecule is COCCOC(=O)Nc1ccc2c(c1)NCCCCCC[C@H](N)c1nc-2c[nH]1. The van der Waals surface area contributed by atoms with Gasteiger partial charge >= 0.3 is 6.09 Å². The van der Waals surface area contributed by atoms with Crippen molar-refractivity contribution >= 4 is 17.5 Å². The first-order chi connectivity index (χ1) is 13.7. The van der Waals surface area contributed by atoms with Crippen LogP contribution >= 0.6 is 0 Å². The fourth-order valence-electron chi connectivity index (χ4n) is 3.23. The zero-order valence-corrected chi connectivity index (χ0v) is 16.3. The van der Waals surface area contributed by atoms with E-state index in [1.54, 1.807) is 7.11 Å². The third-order valence-electron chi connectivity index (χ3n) is 4.77. The van der Waals surface area contributed by atoms with Crippen LogP contribution in [0.2, 0.25) is 0 Å². The average Bonchev–Trinajstić information content (AvgIpc) is 3.17. The number of aromatic nitrogens is 2. The number of ether oxygens (including phenoxy) is 2. The van der Waals surface area contributed by atoms with Crippen molar-refractivity contribution in [1.29, 1.82) is 0 Å². The van der Waals surface area contributed by atoms with E-state index >= 15 is 0 Å². The van der Waals surface area contributed by atoms with E-state index in [0.717, 1.165) is 61.4 Å². The summed E-state index contributed by atoms with van der Waals surface area (Å²) < 4.78 is 9.94. The Morgan fingerprint density at radius 2 is 2.14 bits per heavy atom.